The molecule has 0 bridgehead atoms. The Morgan fingerprint density at radius 1 is 0.964 bits per heavy atom. The number of amides is 1. The summed E-state index contributed by atoms with van der Waals surface area (Å²) in [5.41, 5.74) is 2.03. The lowest BCUT2D eigenvalue weighted by molar-refractivity contribution is 0.102. The Hall–Kier alpha value is -3.08. The molecular formula is C23H26N2O3. The Labute approximate surface area is 165 Å². The smallest absolute Gasteiger partial charge is 0.255 e. The molecule has 0 fully saturated rings. The second-order valence-corrected chi connectivity index (χ2v) is 6.54. The van der Waals surface area contributed by atoms with Crippen molar-refractivity contribution < 1.29 is 14.3 Å². The van der Waals surface area contributed by atoms with Crippen LogP contribution in [0.25, 0.3) is 10.9 Å². The van der Waals surface area contributed by atoms with E-state index < -0.39 is 0 Å². The highest BCUT2D eigenvalue weighted by atomic mass is 16.5. The van der Waals surface area contributed by atoms with Gasteiger partial charge in [-0.25, -0.2) is 0 Å². The van der Waals surface area contributed by atoms with Gasteiger partial charge >= 0.3 is 0 Å². The van der Waals surface area contributed by atoms with Crippen LogP contribution in [0.1, 0.15) is 43.5 Å². The number of ether oxygens (including phenoxy) is 2. The Morgan fingerprint density at radius 3 is 2.54 bits per heavy atom. The highest BCUT2D eigenvalue weighted by Crippen LogP contribution is 2.30. The zero-order chi connectivity index (χ0) is 19.8. The van der Waals surface area contributed by atoms with Crippen LogP contribution >= 0.6 is 0 Å². The highest BCUT2D eigenvalue weighted by molar-refractivity contribution is 6.09. The maximum absolute atomic E-state index is 12.7. The molecule has 0 unspecified atom stereocenters. The normalized spacial score (nSPS) is 10.6. The van der Waals surface area contributed by atoms with E-state index in [2.05, 4.69) is 24.1 Å². The Morgan fingerprint density at radius 2 is 1.79 bits per heavy atom. The van der Waals surface area contributed by atoms with Gasteiger partial charge in [-0.1, -0.05) is 20.3 Å². The van der Waals surface area contributed by atoms with Gasteiger partial charge in [0, 0.05) is 17.1 Å². The lowest BCUT2D eigenvalue weighted by Gasteiger charge is -2.13. The molecule has 0 spiro atoms. The fraction of sp³-hybridized carbons (Fsp3) is 0.304. The summed E-state index contributed by atoms with van der Waals surface area (Å²) in [4.78, 5) is 17.1. The van der Waals surface area contributed by atoms with Gasteiger partial charge in [-0.3, -0.25) is 9.78 Å². The SMILES string of the molecule is CCCCOc1ccc(NC(=O)c2ccc(OCCC)cc2)c2cccnc12. The van der Waals surface area contributed by atoms with Gasteiger partial charge in [-0.2, -0.15) is 0 Å². The summed E-state index contributed by atoms with van der Waals surface area (Å²) >= 11 is 0. The lowest BCUT2D eigenvalue weighted by atomic mass is 10.1. The minimum atomic E-state index is -0.174. The van der Waals surface area contributed by atoms with E-state index >= 15 is 0 Å². The van der Waals surface area contributed by atoms with E-state index in [1.807, 2.05) is 36.4 Å². The predicted molar refractivity (Wildman–Crippen MR) is 112 cm³/mol. The number of anilines is 1. The standard InChI is InChI=1S/C23H26N2O3/c1-3-5-16-28-21-13-12-20(19-7-6-14-24-22(19)21)25-23(26)17-8-10-18(11-9-17)27-15-4-2/h6-14H,3-5,15-16H2,1-2H3,(H,25,26). The number of nitrogens with one attached hydrogen (secondary N) is 1. The summed E-state index contributed by atoms with van der Waals surface area (Å²) in [5, 5.41) is 3.84. The predicted octanol–water partition coefficient (Wildman–Crippen LogP) is 5.45. The third-order valence-corrected chi connectivity index (χ3v) is 4.33. The summed E-state index contributed by atoms with van der Waals surface area (Å²) < 4.78 is 11.4. The zero-order valence-electron chi connectivity index (χ0n) is 16.4. The van der Waals surface area contributed by atoms with E-state index in [0.29, 0.717) is 24.5 Å². The minimum Gasteiger partial charge on any atom is -0.494 e. The van der Waals surface area contributed by atoms with Crippen molar-refractivity contribution >= 4 is 22.5 Å². The number of nitrogens with zero attached hydrogens (tertiary/aromatic N) is 1. The molecule has 1 heterocycles. The Kier molecular flexibility index (Phi) is 6.84. The lowest BCUT2D eigenvalue weighted by Crippen LogP contribution is -2.12. The Balaban J connectivity index is 1.78. The molecule has 0 radical (unpaired) electrons. The van der Waals surface area contributed by atoms with Gasteiger partial charge in [0.15, 0.2) is 0 Å². The second kappa shape index (κ2) is 9.74. The summed E-state index contributed by atoms with van der Waals surface area (Å²) in [6.07, 6.45) is 4.74. The van der Waals surface area contributed by atoms with Crippen molar-refractivity contribution in [3.63, 3.8) is 0 Å². The average Bonchev–Trinajstić information content (AvgIpc) is 2.74. The number of carbonyl (C=O) groups is 1. The molecule has 5 heteroatoms. The highest BCUT2D eigenvalue weighted by Gasteiger charge is 2.12. The van der Waals surface area contributed by atoms with Crippen LogP contribution in [0.3, 0.4) is 0 Å². The number of aromatic nitrogens is 1. The number of carbonyl (C=O) groups excluding carboxylic acids is 1. The van der Waals surface area contributed by atoms with Crippen molar-refractivity contribution in [2.45, 2.75) is 33.1 Å². The maximum atomic E-state index is 12.7. The summed E-state index contributed by atoms with van der Waals surface area (Å²) in [6, 6.07) is 14.7. The number of unbranched alkanes of at least 4 members (excludes halogenated alkanes) is 1. The maximum Gasteiger partial charge on any atom is 0.255 e. The monoisotopic (exact) mass is 378 g/mol. The van der Waals surface area contributed by atoms with Crippen molar-refractivity contribution in [1.29, 1.82) is 0 Å². The first kappa shape index (κ1) is 19.7. The molecule has 3 aromatic rings. The van der Waals surface area contributed by atoms with Gasteiger partial charge in [0.25, 0.3) is 5.91 Å². The fourth-order valence-electron chi connectivity index (χ4n) is 2.82. The van der Waals surface area contributed by atoms with Crippen LogP contribution in [-0.2, 0) is 0 Å². The largest absolute Gasteiger partial charge is 0.494 e. The molecule has 1 amide bonds. The van der Waals surface area contributed by atoms with Gasteiger partial charge in [0.05, 0.1) is 18.9 Å². The van der Waals surface area contributed by atoms with Crippen LogP contribution in [0.15, 0.2) is 54.7 Å². The Bertz CT molecular complexity index is 923. The van der Waals surface area contributed by atoms with E-state index in [1.54, 1.807) is 18.3 Å². The molecule has 0 saturated heterocycles. The summed E-state index contributed by atoms with van der Waals surface area (Å²) in [7, 11) is 0. The number of hydrogen-bond acceptors (Lipinski definition) is 4. The molecular weight excluding hydrogens is 352 g/mol. The van der Waals surface area contributed by atoms with Crippen molar-refractivity contribution in [3.05, 3.63) is 60.3 Å². The molecule has 146 valence electrons. The fourth-order valence-corrected chi connectivity index (χ4v) is 2.82. The first-order chi connectivity index (χ1) is 13.7. The van der Waals surface area contributed by atoms with E-state index in [4.69, 9.17) is 9.47 Å². The topological polar surface area (TPSA) is 60.5 Å². The van der Waals surface area contributed by atoms with Crippen molar-refractivity contribution in [2.24, 2.45) is 0 Å². The van der Waals surface area contributed by atoms with Crippen molar-refractivity contribution in [3.8, 4) is 11.5 Å². The van der Waals surface area contributed by atoms with Gasteiger partial charge in [0.2, 0.25) is 0 Å². The molecule has 2 aromatic carbocycles. The van der Waals surface area contributed by atoms with Gasteiger partial charge in [-0.15, -0.1) is 0 Å². The summed E-state index contributed by atoms with van der Waals surface area (Å²) in [5.74, 6) is 1.33. The minimum absolute atomic E-state index is 0.174. The number of benzene rings is 2. The van der Waals surface area contributed by atoms with Crippen LogP contribution in [0.5, 0.6) is 11.5 Å². The van der Waals surface area contributed by atoms with Gasteiger partial charge in [-0.05, 0) is 61.4 Å². The van der Waals surface area contributed by atoms with Crippen molar-refractivity contribution in [2.75, 3.05) is 18.5 Å². The number of rotatable bonds is 9. The second-order valence-electron chi connectivity index (χ2n) is 6.54. The van der Waals surface area contributed by atoms with Crippen LogP contribution in [0.2, 0.25) is 0 Å². The number of hydrogen-bond donors (Lipinski definition) is 1. The molecule has 1 N–H and O–H groups in total. The number of fused-ring (bicyclic) bond motifs is 1. The first-order valence-electron chi connectivity index (χ1n) is 9.77. The average molecular weight is 378 g/mol. The molecule has 3 rings (SSSR count). The number of pyridine rings is 1. The van der Waals surface area contributed by atoms with Gasteiger partial charge in [0.1, 0.15) is 17.0 Å². The summed E-state index contributed by atoms with van der Waals surface area (Å²) in [6.45, 7) is 5.50. The molecule has 1 aromatic heterocycles. The molecule has 0 aliphatic rings. The molecule has 0 aliphatic carbocycles. The van der Waals surface area contributed by atoms with E-state index in [1.165, 1.54) is 0 Å². The molecule has 0 saturated carbocycles. The van der Waals surface area contributed by atoms with Gasteiger partial charge < -0.3 is 14.8 Å². The molecule has 5 nitrogen and oxygen atoms in total. The zero-order valence-corrected chi connectivity index (χ0v) is 16.4. The van der Waals surface area contributed by atoms with E-state index in [9.17, 15) is 4.79 Å². The van der Waals surface area contributed by atoms with Crippen LogP contribution < -0.4 is 14.8 Å². The van der Waals surface area contributed by atoms with Crippen LogP contribution in [-0.4, -0.2) is 24.1 Å². The molecule has 0 aliphatic heterocycles. The van der Waals surface area contributed by atoms with E-state index in [-0.39, 0.29) is 5.91 Å². The van der Waals surface area contributed by atoms with Crippen LogP contribution in [0.4, 0.5) is 5.69 Å². The third-order valence-electron chi connectivity index (χ3n) is 4.33. The molecule has 28 heavy (non-hydrogen) atoms. The van der Waals surface area contributed by atoms with Crippen molar-refractivity contribution in [1.82, 2.24) is 4.98 Å². The first-order valence-corrected chi connectivity index (χ1v) is 9.77. The molecule has 0 atom stereocenters. The van der Waals surface area contributed by atoms with Crippen LogP contribution in [0, 0.1) is 0 Å². The van der Waals surface area contributed by atoms with E-state index in [0.717, 1.165) is 41.7 Å². The quantitative estimate of drug-likeness (QED) is 0.503. The third kappa shape index (κ3) is 4.80.